The third-order valence-corrected chi connectivity index (χ3v) is 6.25. The summed E-state index contributed by atoms with van der Waals surface area (Å²) in [5.41, 5.74) is 2.42. The summed E-state index contributed by atoms with van der Waals surface area (Å²) < 4.78 is 3.71. The van der Waals surface area contributed by atoms with E-state index in [0.717, 1.165) is 35.5 Å². The van der Waals surface area contributed by atoms with E-state index in [4.69, 9.17) is 0 Å². The summed E-state index contributed by atoms with van der Waals surface area (Å²) in [5.74, 6) is 1.10. The first kappa shape index (κ1) is 21.1. The topological polar surface area (TPSA) is 81.3 Å². The average Bonchev–Trinajstić information content (AvgIpc) is 3.23. The molecule has 160 valence electrons. The Morgan fingerprint density at radius 1 is 1.10 bits per heavy atom. The first-order valence-corrected chi connectivity index (χ1v) is 11.4. The zero-order valence-electron chi connectivity index (χ0n) is 17.7. The van der Waals surface area contributed by atoms with Crippen LogP contribution in [0.25, 0.3) is 16.7 Å². The summed E-state index contributed by atoms with van der Waals surface area (Å²) in [6.45, 7) is 2.77. The molecule has 0 fully saturated rings. The summed E-state index contributed by atoms with van der Waals surface area (Å²) in [5, 5.41) is 12.8. The van der Waals surface area contributed by atoms with E-state index in [0.29, 0.717) is 29.0 Å². The molecule has 31 heavy (non-hydrogen) atoms. The maximum atomic E-state index is 13.1. The van der Waals surface area contributed by atoms with Gasteiger partial charge in [0.1, 0.15) is 0 Å². The molecule has 0 aliphatic rings. The molecular weight excluding hydrogens is 410 g/mol. The highest BCUT2D eigenvalue weighted by Gasteiger charge is 2.16. The van der Waals surface area contributed by atoms with Gasteiger partial charge in [-0.1, -0.05) is 55.8 Å². The first-order valence-electron chi connectivity index (χ1n) is 10.4. The van der Waals surface area contributed by atoms with E-state index >= 15 is 0 Å². The van der Waals surface area contributed by atoms with Crippen LogP contribution in [0, 0.1) is 0 Å². The van der Waals surface area contributed by atoms with Crippen LogP contribution in [-0.2, 0) is 12.3 Å². The summed E-state index contributed by atoms with van der Waals surface area (Å²) in [6, 6.07) is 15.1. The summed E-state index contributed by atoms with van der Waals surface area (Å²) >= 11 is 1.54. The van der Waals surface area contributed by atoms with Crippen LogP contribution in [-0.4, -0.2) is 32.1 Å². The molecule has 8 heteroatoms. The number of amides is 1. The number of para-hydroxylation sites is 1. The van der Waals surface area contributed by atoms with Crippen molar-refractivity contribution in [3.05, 3.63) is 70.0 Å². The molecule has 0 spiro atoms. The first-order chi connectivity index (χ1) is 15.1. The monoisotopic (exact) mass is 435 g/mol. The summed E-state index contributed by atoms with van der Waals surface area (Å²) in [6.07, 6.45) is 3.07. The predicted octanol–water partition coefficient (Wildman–Crippen LogP) is 3.89. The van der Waals surface area contributed by atoms with Gasteiger partial charge >= 0.3 is 0 Å². The second-order valence-corrected chi connectivity index (χ2v) is 8.31. The molecule has 0 aliphatic heterocycles. The van der Waals surface area contributed by atoms with Gasteiger partial charge in [0.25, 0.3) is 11.5 Å². The highest BCUT2D eigenvalue weighted by molar-refractivity contribution is 7.98. The van der Waals surface area contributed by atoms with Gasteiger partial charge in [-0.25, -0.2) is 0 Å². The van der Waals surface area contributed by atoms with E-state index in [2.05, 4.69) is 22.4 Å². The van der Waals surface area contributed by atoms with Crippen molar-refractivity contribution in [2.75, 3.05) is 7.05 Å². The number of rotatable bonds is 8. The standard InChI is InChI=1S/C23H25N5O2S/c1-3-4-7-13-27-21(30)18-11-5-6-12-19(18)28-22(27)25-26-23(28)31-15-16-9-8-10-17(14-16)20(29)24-2/h5-6,8-12,14H,3-4,7,13,15H2,1-2H3,(H,24,29). The molecule has 7 nitrogen and oxygen atoms in total. The lowest BCUT2D eigenvalue weighted by Gasteiger charge is -2.11. The van der Waals surface area contributed by atoms with Crippen LogP contribution in [0.2, 0.25) is 0 Å². The van der Waals surface area contributed by atoms with E-state index in [1.165, 1.54) is 11.8 Å². The Hall–Kier alpha value is -3.13. The number of fused-ring (bicyclic) bond motifs is 3. The van der Waals surface area contributed by atoms with Crippen molar-refractivity contribution in [1.29, 1.82) is 0 Å². The van der Waals surface area contributed by atoms with Gasteiger partial charge in [-0.05, 0) is 36.2 Å². The highest BCUT2D eigenvalue weighted by Crippen LogP contribution is 2.25. The lowest BCUT2D eigenvalue weighted by Crippen LogP contribution is -2.23. The van der Waals surface area contributed by atoms with Crippen molar-refractivity contribution >= 4 is 34.3 Å². The second kappa shape index (κ2) is 9.34. The maximum Gasteiger partial charge on any atom is 0.262 e. The van der Waals surface area contributed by atoms with Crippen molar-refractivity contribution in [3.8, 4) is 0 Å². The molecule has 2 aromatic heterocycles. The Bertz CT molecular complexity index is 1290. The molecule has 0 saturated carbocycles. The molecule has 0 radical (unpaired) electrons. The third-order valence-electron chi connectivity index (χ3n) is 5.25. The lowest BCUT2D eigenvalue weighted by atomic mass is 10.1. The molecule has 2 heterocycles. The Kier molecular flexibility index (Phi) is 6.36. The number of carbonyl (C=O) groups excluding carboxylic acids is 1. The number of hydrogen-bond donors (Lipinski definition) is 1. The van der Waals surface area contributed by atoms with Crippen molar-refractivity contribution in [3.63, 3.8) is 0 Å². The van der Waals surface area contributed by atoms with E-state index in [-0.39, 0.29) is 11.5 Å². The Labute approximate surface area is 184 Å². The fourth-order valence-corrected chi connectivity index (χ4v) is 4.53. The van der Waals surface area contributed by atoms with Crippen LogP contribution < -0.4 is 10.9 Å². The minimum Gasteiger partial charge on any atom is -0.355 e. The van der Waals surface area contributed by atoms with Gasteiger partial charge in [-0.3, -0.25) is 18.6 Å². The minimum atomic E-state index is -0.109. The number of nitrogens with one attached hydrogen (secondary N) is 1. The molecule has 0 bridgehead atoms. The van der Waals surface area contributed by atoms with E-state index < -0.39 is 0 Å². The number of benzene rings is 2. The van der Waals surface area contributed by atoms with E-state index in [9.17, 15) is 9.59 Å². The second-order valence-electron chi connectivity index (χ2n) is 7.37. The van der Waals surface area contributed by atoms with Crippen LogP contribution in [0.15, 0.2) is 58.5 Å². The van der Waals surface area contributed by atoms with Gasteiger partial charge in [-0.15, -0.1) is 10.2 Å². The largest absolute Gasteiger partial charge is 0.355 e. The zero-order valence-corrected chi connectivity index (χ0v) is 18.5. The van der Waals surface area contributed by atoms with Crippen molar-refractivity contribution < 1.29 is 4.79 Å². The van der Waals surface area contributed by atoms with Gasteiger partial charge in [0.2, 0.25) is 5.78 Å². The van der Waals surface area contributed by atoms with Crippen molar-refractivity contribution in [1.82, 2.24) is 24.5 Å². The highest BCUT2D eigenvalue weighted by atomic mass is 32.2. The minimum absolute atomic E-state index is 0.0265. The fraction of sp³-hybridized carbons (Fsp3) is 0.304. The predicted molar refractivity (Wildman–Crippen MR) is 124 cm³/mol. The van der Waals surface area contributed by atoms with Crippen LogP contribution >= 0.6 is 11.8 Å². The number of thioether (sulfide) groups is 1. The quantitative estimate of drug-likeness (QED) is 0.335. The van der Waals surface area contributed by atoms with Gasteiger partial charge in [0.15, 0.2) is 5.16 Å². The molecule has 0 atom stereocenters. The van der Waals surface area contributed by atoms with Gasteiger partial charge in [-0.2, -0.15) is 0 Å². The number of aromatic nitrogens is 4. The summed E-state index contributed by atoms with van der Waals surface area (Å²) in [7, 11) is 1.62. The molecule has 0 saturated heterocycles. The van der Waals surface area contributed by atoms with Crippen LogP contribution in [0.3, 0.4) is 0 Å². The van der Waals surface area contributed by atoms with Gasteiger partial charge in [0, 0.05) is 24.9 Å². The SMILES string of the molecule is CCCCCn1c(=O)c2ccccc2n2c(SCc3cccc(C(=O)NC)c3)nnc12. The van der Waals surface area contributed by atoms with E-state index in [1.807, 2.05) is 46.9 Å². The third kappa shape index (κ3) is 4.20. The summed E-state index contributed by atoms with van der Waals surface area (Å²) in [4.78, 5) is 25.0. The number of nitrogens with zero attached hydrogens (tertiary/aromatic N) is 4. The number of unbranched alkanes of at least 4 members (excludes halogenated alkanes) is 2. The molecule has 4 aromatic rings. The molecule has 0 unspecified atom stereocenters. The van der Waals surface area contributed by atoms with Crippen LogP contribution in [0.1, 0.15) is 42.1 Å². The van der Waals surface area contributed by atoms with Crippen LogP contribution in [0.5, 0.6) is 0 Å². The van der Waals surface area contributed by atoms with Crippen molar-refractivity contribution in [2.24, 2.45) is 0 Å². The molecular formula is C23H25N5O2S. The zero-order chi connectivity index (χ0) is 21.8. The Morgan fingerprint density at radius 3 is 2.74 bits per heavy atom. The normalized spacial score (nSPS) is 11.3. The van der Waals surface area contributed by atoms with E-state index in [1.54, 1.807) is 17.7 Å². The smallest absolute Gasteiger partial charge is 0.262 e. The molecule has 1 amide bonds. The molecule has 4 rings (SSSR count). The Balaban J connectivity index is 1.72. The van der Waals surface area contributed by atoms with Crippen LogP contribution in [0.4, 0.5) is 0 Å². The molecule has 2 aromatic carbocycles. The van der Waals surface area contributed by atoms with Gasteiger partial charge in [0.05, 0.1) is 10.9 Å². The molecule has 1 N–H and O–H groups in total. The van der Waals surface area contributed by atoms with Crippen molar-refractivity contribution in [2.45, 2.75) is 43.6 Å². The number of carbonyl (C=O) groups is 1. The lowest BCUT2D eigenvalue weighted by molar-refractivity contribution is 0.0963. The Morgan fingerprint density at radius 2 is 1.94 bits per heavy atom. The number of aryl methyl sites for hydroxylation is 1. The average molecular weight is 436 g/mol. The maximum absolute atomic E-state index is 13.1. The fourth-order valence-electron chi connectivity index (χ4n) is 3.64. The molecule has 0 aliphatic carbocycles. The number of hydrogen-bond acceptors (Lipinski definition) is 5. The van der Waals surface area contributed by atoms with Gasteiger partial charge < -0.3 is 5.32 Å².